The van der Waals surface area contributed by atoms with Crippen molar-refractivity contribution in [2.24, 2.45) is 5.10 Å². The van der Waals surface area contributed by atoms with Crippen LogP contribution in [0.5, 0.6) is 5.75 Å². The average Bonchev–Trinajstić information content (AvgIpc) is 2.83. The molecule has 34 heavy (non-hydrogen) atoms. The number of nitro groups is 1. The number of anilines is 1. The molecule has 0 aromatic heterocycles. The molecule has 3 aromatic carbocycles. The maximum atomic E-state index is 12.5. The number of nitrogens with one attached hydrogen (secondary N) is 2. The summed E-state index contributed by atoms with van der Waals surface area (Å²) in [4.78, 5) is 35.0. The molecular weight excluding hydrogens is 436 g/mol. The summed E-state index contributed by atoms with van der Waals surface area (Å²) in [5, 5.41) is 17.9. The molecule has 0 heterocycles. The fourth-order valence-corrected chi connectivity index (χ4v) is 3.10. The number of nitrogens with zero attached hydrogens (tertiary/aromatic N) is 2. The smallest absolute Gasteiger partial charge is 0.276 e. The van der Waals surface area contributed by atoms with Crippen LogP contribution in [0.1, 0.15) is 41.3 Å². The summed E-state index contributed by atoms with van der Waals surface area (Å²) < 4.78 is 5.78. The van der Waals surface area contributed by atoms with Crippen LogP contribution in [-0.2, 0) is 11.4 Å². The van der Waals surface area contributed by atoms with E-state index in [1.807, 2.05) is 6.92 Å². The summed E-state index contributed by atoms with van der Waals surface area (Å²) in [5.41, 5.74) is 4.33. The number of benzene rings is 3. The van der Waals surface area contributed by atoms with Crippen LogP contribution < -0.4 is 15.5 Å². The van der Waals surface area contributed by atoms with Crippen LogP contribution in [0.3, 0.4) is 0 Å². The summed E-state index contributed by atoms with van der Waals surface area (Å²) in [5.74, 6) is -0.101. The van der Waals surface area contributed by atoms with Gasteiger partial charge in [0.05, 0.1) is 16.7 Å². The van der Waals surface area contributed by atoms with E-state index in [9.17, 15) is 19.7 Å². The highest BCUT2D eigenvalue weighted by Gasteiger charge is 2.13. The molecule has 3 rings (SSSR count). The first kappa shape index (κ1) is 24.1. The van der Waals surface area contributed by atoms with Crippen molar-refractivity contribution in [3.8, 4) is 5.75 Å². The SMILES string of the molecule is CCCC(=O)Nc1cccc(C(=O)N/N=C\c2ccccc2OCc2ccccc2[N+](=O)[O-])c1. The molecule has 0 spiro atoms. The third-order valence-corrected chi connectivity index (χ3v) is 4.75. The topological polar surface area (TPSA) is 123 Å². The fraction of sp³-hybridized carbons (Fsp3) is 0.160. The number of hydrazone groups is 1. The normalized spacial score (nSPS) is 10.6. The van der Waals surface area contributed by atoms with Gasteiger partial charge in [-0.15, -0.1) is 0 Å². The van der Waals surface area contributed by atoms with Gasteiger partial charge in [0.15, 0.2) is 0 Å². The van der Waals surface area contributed by atoms with E-state index in [-0.39, 0.29) is 18.2 Å². The Bertz CT molecular complexity index is 1210. The van der Waals surface area contributed by atoms with Crippen LogP contribution in [0.15, 0.2) is 77.9 Å². The molecule has 3 aromatic rings. The first-order valence-electron chi connectivity index (χ1n) is 10.7. The van der Waals surface area contributed by atoms with Crippen LogP contribution in [0.2, 0.25) is 0 Å². The van der Waals surface area contributed by atoms with E-state index in [2.05, 4.69) is 15.8 Å². The summed E-state index contributed by atoms with van der Waals surface area (Å²) in [7, 11) is 0. The predicted octanol–water partition coefficient (Wildman–Crippen LogP) is 4.68. The molecule has 2 amide bonds. The number of hydrogen-bond donors (Lipinski definition) is 2. The highest BCUT2D eigenvalue weighted by atomic mass is 16.6. The highest BCUT2D eigenvalue weighted by Crippen LogP contribution is 2.22. The zero-order valence-electron chi connectivity index (χ0n) is 18.6. The average molecular weight is 460 g/mol. The summed E-state index contributed by atoms with van der Waals surface area (Å²) in [6, 6.07) is 19.9. The molecule has 0 radical (unpaired) electrons. The van der Waals surface area contributed by atoms with Gasteiger partial charge in [0.25, 0.3) is 11.6 Å². The summed E-state index contributed by atoms with van der Waals surface area (Å²) in [6.07, 6.45) is 2.56. The fourth-order valence-electron chi connectivity index (χ4n) is 3.10. The minimum atomic E-state index is -0.453. The van der Waals surface area contributed by atoms with Crippen molar-refractivity contribution in [2.75, 3.05) is 5.32 Å². The lowest BCUT2D eigenvalue weighted by Crippen LogP contribution is -2.18. The minimum Gasteiger partial charge on any atom is -0.488 e. The van der Waals surface area contributed by atoms with Gasteiger partial charge in [0.1, 0.15) is 12.4 Å². The number of hydrogen-bond acceptors (Lipinski definition) is 6. The standard InChI is InChI=1S/C25H24N4O5/c1-2-8-24(30)27-21-12-7-11-18(15-21)25(31)28-26-16-19-9-4-6-14-23(19)34-17-20-10-3-5-13-22(20)29(32)33/h3-7,9-16H,2,8,17H2,1H3,(H,27,30)(H,28,31)/b26-16-. The Labute approximate surface area is 196 Å². The van der Waals surface area contributed by atoms with Crippen molar-refractivity contribution in [1.29, 1.82) is 0 Å². The largest absolute Gasteiger partial charge is 0.488 e. The zero-order valence-corrected chi connectivity index (χ0v) is 18.6. The van der Waals surface area contributed by atoms with Gasteiger partial charge in [-0.25, -0.2) is 5.43 Å². The van der Waals surface area contributed by atoms with Crippen molar-refractivity contribution >= 4 is 29.4 Å². The molecule has 9 heteroatoms. The lowest BCUT2D eigenvalue weighted by atomic mass is 10.2. The Morgan fingerprint density at radius 1 is 1.06 bits per heavy atom. The molecule has 0 aliphatic heterocycles. The second-order valence-electron chi connectivity index (χ2n) is 7.29. The highest BCUT2D eigenvalue weighted by molar-refractivity contribution is 5.97. The Balaban J connectivity index is 1.64. The number of amides is 2. The molecule has 0 fully saturated rings. The van der Waals surface area contributed by atoms with E-state index in [1.165, 1.54) is 12.3 Å². The Morgan fingerprint density at radius 2 is 1.82 bits per heavy atom. The second kappa shape index (κ2) is 11.9. The Hall–Kier alpha value is -4.53. The molecule has 9 nitrogen and oxygen atoms in total. The molecular formula is C25H24N4O5. The van der Waals surface area contributed by atoms with Crippen molar-refractivity contribution in [3.63, 3.8) is 0 Å². The quantitative estimate of drug-likeness (QED) is 0.258. The molecule has 0 saturated carbocycles. The number of carbonyl (C=O) groups excluding carboxylic acids is 2. The van der Waals surface area contributed by atoms with Crippen molar-refractivity contribution in [2.45, 2.75) is 26.4 Å². The molecule has 174 valence electrons. The maximum absolute atomic E-state index is 12.5. The van der Waals surface area contributed by atoms with Gasteiger partial charge in [-0.05, 0) is 42.8 Å². The number of nitro benzene ring substituents is 1. The van der Waals surface area contributed by atoms with Gasteiger partial charge in [0.2, 0.25) is 5.91 Å². The lowest BCUT2D eigenvalue weighted by molar-refractivity contribution is -0.385. The second-order valence-corrected chi connectivity index (χ2v) is 7.29. The molecule has 0 unspecified atom stereocenters. The molecule has 0 atom stereocenters. The summed E-state index contributed by atoms with van der Waals surface area (Å²) in [6.45, 7) is 1.92. The Morgan fingerprint density at radius 3 is 2.62 bits per heavy atom. The first-order chi connectivity index (χ1) is 16.5. The van der Waals surface area contributed by atoms with Gasteiger partial charge in [0, 0.05) is 29.3 Å². The number of carbonyl (C=O) groups is 2. The molecule has 0 saturated heterocycles. The van der Waals surface area contributed by atoms with Crippen molar-refractivity contribution in [1.82, 2.24) is 5.43 Å². The van der Waals surface area contributed by atoms with Gasteiger partial charge >= 0.3 is 0 Å². The number of ether oxygens (including phenoxy) is 1. The number of para-hydroxylation sites is 2. The third kappa shape index (κ3) is 6.73. The van der Waals surface area contributed by atoms with Gasteiger partial charge < -0.3 is 10.1 Å². The van der Waals surface area contributed by atoms with Crippen LogP contribution in [0.4, 0.5) is 11.4 Å². The molecule has 0 aliphatic rings. The van der Waals surface area contributed by atoms with E-state index >= 15 is 0 Å². The van der Waals surface area contributed by atoms with Crippen molar-refractivity contribution in [3.05, 3.63) is 99.6 Å². The van der Waals surface area contributed by atoms with Gasteiger partial charge in [-0.2, -0.15) is 5.10 Å². The van der Waals surface area contributed by atoms with Crippen LogP contribution in [0.25, 0.3) is 0 Å². The maximum Gasteiger partial charge on any atom is 0.276 e. The predicted molar refractivity (Wildman–Crippen MR) is 129 cm³/mol. The monoisotopic (exact) mass is 460 g/mol. The number of rotatable bonds is 10. The van der Waals surface area contributed by atoms with E-state index < -0.39 is 10.8 Å². The first-order valence-corrected chi connectivity index (χ1v) is 10.7. The van der Waals surface area contributed by atoms with Crippen LogP contribution in [0, 0.1) is 10.1 Å². The van der Waals surface area contributed by atoms with Gasteiger partial charge in [-0.1, -0.05) is 37.3 Å². The van der Waals surface area contributed by atoms with E-state index in [0.717, 1.165) is 6.42 Å². The van der Waals surface area contributed by atoms with Crippen molar-refractivity contribution < 1.29 is 19.2 Å². The molecule has 0 bridgehead atoms. The van der Waals surface area contributed by atoms with E-state index in [4.69, 9.17) is 4.74 Å². The third-order valence-electron chi connectivity index (χ3n) is 4.75. The Kier molecular flexibility index (Phi) is 8.45. The van der Waals surface area contributed by atoms with E-state index in [0.29, 0.717) is 34.5 Å². The lowest BCUT2D eigenvalue weighted by Gasteiger charge is -2.09. The summed E-state index contributed by atoms with van der Waals surface area (Å²) >= 11 is 0. The molecule has 0 aliphatic carbocycles. The minimum absolute atomic E-state index is 0.00487. The molecule has 2 N–H and O–H groups in total. The van der Waals surface area contributed by atoms with Gasteiger partial charge in [-0.3, -0.25) is 19.7 Å². The van der Waals surface area contributed by atoms with Crippen LogP contribution in [-0.4, -0.2) is 23.0 Å². The van der Waals surface area contributed by atoms with E-state index in [1.54, 1.807) is 66.7 Å². The van der Waals surface area contributed by atoms with Crippen LogP contribution >= 0.6 is 0 Å². The zero-order chi connectivity index (χ0) is 24.3.